The van der Waals surface area contributed by atoms with Gasteiger partial charge in [0.2, 0.25) is 0 Å². The van der Waals surface area contributed by atoms with Crippen molar-refractivity contribution in [1.82, 2.24) is 24.7 Å². The number of imidazole rings is 1. The van der Waals surface area contributed by atoms with Crippen molar-refractivity contribution in [3.63, 3.8) is 0 Å². The third kappa shape index (κ3) is 6.00. The molecule has 4 heterocycles. The van der Waals surface area contributed by atoms with Crippen molar-refractivity contribution in [3.8, 4) is 0 Å². The maximum absolute atomic E-state index is 5.78. The van der Waals surface area contributed by atoms with Crippen LogP contribution in [0.3, 0.4) is 0 Å². The van der Waals surface area contributed by atoms with Crippen LogP contribution in [0, 0.1) is 5.92 Å². The quantitative estimate of drug-likeness (QED) is 0.346. The highest BCUT2D eigenvalue weighted by Gasteiger charge is 2.30. The highest BCUT2D eigenvalue weighted by atomic mass is 127. The molecule has 2 aromatic heterocycles. The monoisotopic (exact) mass is 558 g/mol. The minimum Gasteiger partial charge on any atom is -0.376 e. The van der Waals surface area contributed by atoms with Gasteiger partial charge in [-0.15, -0.1) is 35.3 Å². The van der Waals surface area contributed by atoms with Crippen molar-refractivity contribution in [3.05, 3.63) is 41.1 Å². The van der Waals surface area contributed by atoms with E-state index in [1.165, 1.54) is 4.88 Å². The van der Waals surface area contributed by atoms with E-state index in [0.717, 1.165) is 51.7 Å². The molecule has 1 N–H and O–H groups in total. The number of hydrogen-bond donors (Lipinski definition) is 1. The molecule has 2 aliphatic rings. The number of halogens is 1. The number of nitrogens with zero attached hydrogens (tertiary/aromatic N) is 5. The van der Waals surface area contributed by atoms with Crippen LogP contribution in [0.25, 0.3) is 0 Å². The number of guanidine groups is 1. The average molecular weight is 559 g/mol. The Morgan fingerprint density at radius 3 is 2.90 bits per heavy atom. The fraction of sp³-hybridized carbons (Fsp3) is 0.636. The topological polar surface area (TPSA) is 57.9 Å². The molecule has 0 bridgehead atoms. The fourth-order valence-electron chi connectivity index (χ4n) is 4.63. The molecule has 2 fully saturated rings. The van der Waals surface area contributed by atoms with Gasteiger partial charge < -0.3 is 19.5 Å². The predicted octanol–water partition coefficient (Wildman–Crippen LogP) is 3.48. The van der Waals surface area contributed by atoms with Gasteiger partial charge in [-0.2, -0.15) is 0 Å². The van der Waals surface area contributed by atoms with Crippen LogP contribution < -0.4 is 5.32 Å². The van der Waals surface area contributed by atoms with Crippen LogP contribution >= 0.6 is 35.3 Å². The van der Waals surface area contributed by atoms with Gasteiger partial charge in [-0.1, -0.05) is 13.0 Å². The summed E-state index contributed by atoms with van der Waals surface area (Å²) in [4.78, 5) is 15.2. The summed E-state index contributed by atoms with van der Waals surface area (Å²) >= 11 is 1.83. The number of hydrogen-bond acceptors (Lipinski definition) is 5. The van der Waals surface area contributed by atoms with E-state index in [2.05, 4.69) is 67.2 Å². The molecule has 4 rings (SSSR count). The first-order valence-electron chi connectivity index (χ1n) is 11.0. The van der Waals surface area contributed by atoms with Crippen LogP contribution in [0.5, 0.6) is 0 Å². The number of aromatic nitrogens is 2. The molecule has 172 valence electrons. The number of piperidine rings is 1. The first-order valence-corrected chi connectivity index (χ1v) is 11.9. The Labute approximate surface area is 206 Å². The molecule has 0 aliphatic carbocycles. The molecule has 0 saturated carbocycles. The smallest absolute Gasteiger partial charge is 0.193 e. The van der Waals surface area contributed by atoms with Crippen LogP contribution in [0.15, 0.2) is 41.2 Å². The maximum Gasteiger partial charge on any atom is 0.193 e. The SMILES string of the molecule is CN=C(NCC(c1cccs1)N1CCOC(C)C1)N1CCC(C)C(n2ccnc2)C1.I. The van der Waals surface area contributed by atoms with E-state index in [1.54, 1.807) is 0 Å². The highest BCUT2D eigenvalue weighted by Crippen LogP contribution is 2.29. The summed E-state index contributed by atoms with van der Waals surface area (Å²) in [6.07, 6.45) is 7.31. The molecule has 7 nitrogen and oxygen atoms in total. The van der Waals surface area contributed by atoms with E-state index in [-0.39, 0.29) is 30.1 Å². The largest absolute Gasteiger partial charge is 0.376 e. The van der Waals surface area contributed by atoms with Gasteiger partial charge in [-0.3, -0.25) is 9.89 Å². The lowest BCUT2D eigenvalue weighted by atomic mass is 9.93. The summed E-state index contributed by atoms with van der Waals surface area (Å²) in [7, 11) is 1.89. The van der Waals surface area contributed by atoms with E-state index in [4.69, 9.17) is 4.74 Å². The summed E-state index contributed by atoms with van der Waals surface area (Å²) in [6.45, 7) is 10.1. The van der Waals surface area contributed by atoms with E-state index in [0.29, 0.717) is 18.0 Å². The summed E-state index contributed by atoms with van der Waals surface area (Å²) in [5.41, 5.74) is 0. The Hall–Kier alpha value is -1.17. The molecular formula is C22H35IN6OS. The van der Waals surface area contributed by atoms with Crippen LogP contribution in [0.1, 0.15) is 37.2 Å². The molecule has 2 saturated heterocycles. The third-order valence-electron chi connectivity index (χ3n) is 6.38. The summed E-state index contributed by atoms with van der Waals surface area (Å²) in [5.74, 6) is 1.62. The second kappa shape index (κ2) is 11.6. The van der Waals surface area contributed by atoms with Crippen molar-refractivity contribution in [2.45, 2.75) is 38.5 Å². The van der Waals surface area contributed by atoms with Crippen LogP contribution in [0.2, 0.25) is 0 Å². The minimum atomic E-state index is 0. The standard InChI is InChI=1S/C22H34N6OS.HI/c1-17-6-8-27(15-20(17)28-9-7-24-16-28)22(23-3)25-13-19(21-5-4-12-30-21)26-10-11-29-18(2)14-26;/h4-5,7,9,12,16-20H,6,8,10-11,13-15H2,1-3H3,(H,23,25);1H. The molecule has 2 aromatic rings. The second-order valence-corrected chi connectivity index (χ2v) is 9.40. The third-order valence-corrected chi connectivity index (χ3v) is 7.35. The second-order valence-electron chi connectivity index (χ2n) is 8.42. The van der Waals surface area contributed by atoms with Crippen molar-refractivity contribution in [2.75, 3.05) is 46.4 Å². The van der Waals surface area contributed by atoms with Gasteiger partial charge in [0, 0.05) is 57.0 Å². The number of rotatable bonds is 5. The Balaban J connectivity index is 0.00000272. The van der Waals surface area contributed by atoms with Crippen molar-refractivity contribution >= 4 is 41.3 Å². The first-order chi connectivity index (χ1) is 14.7. The number of aliphatic imine (C=N–C) groups is 1. The van der Waals surface area contributed by atoms with Crippen molar-refractivity contribution < 1.29 is 4.74 Å². The van der Waals surface area contributed by atoms with E-state index in [1.807, 2.05) is 30.9 Å². The highest BCUT2D eigenvalue weighted by molar-refractivity contribution is 14.0. The lowest BCUT2D eigenvalue weighted by Gasteiger charge is -2.40. The van der Waals surface area contributed by atoms with Gasteiger partial charge in [0.15, 0.2) is 5.96 Å². The zero-order chi connectivity index (χ0) is 20.9. The zero-order valence-electron chi connectivity index (χ0n) is 18.7. The number of nitrogens with one attached hydrogen (secondary N) is 1. The first kappa shape index (κ1) is 24.5. The maximum atomic E-state index is 5.78. The van der Waals surface area contributed by atoms with E-state index in [9.17, 15) is 0 Å². The molecular weight excluding hydrogens is 523 g/mol. The Kier molecular flexibility index (Phi) is 9.18. The Bertz CT molecular complexity index is 799. The van der Waals surface area contributed by atoms with Crippen LogP contribution in [0.4, 0.5) is 0 Å². The average Bonchev–Trinajstić information content (AvgIpc) is 3.46. The van der Waals surface area contributed by atoms with Gasteiger partial charge in [0.1, 0.15) is 0 Å². The summed E-state index contributed by atoms with van der Waals surface area (Å²) in [5, 5.41) is 5.86. The van der Waals surface area contributed by atoms with Gasteiger partial charge in [0.25, 0.3) is 0 Å². The molecule has 9 heteroatoms. The lowest BCUT2D eigenvalue weighted by molar-refractivity contribution is -0.0334. The number of thiophene rings is 1. The molecule has 4 unspecified atom stereocenters. The number of ether oxygens (including phenoxy) is 1. The molecule has 0 aromatic carbocycles. The molecule has 0 radical (unpaired) electrons. The van der Waals surface area contributed by atoms with Crippen molar-refractivity contribution in [2.24, 2.45) is 10.9 Å². The summed E-state index contributed by atoms with van der Waals surface area (Å²) < 4.78 is 8.02. The zero-order valence-corrected chi connectivity index (χ0v) is 21.8. The Morgan fingerprint density at radius 2 is 2.23 bits per heavy atom. The normalized spacial score (nSPS) is 26.4. The minimum absolute atomic E-state index is 0. The van der Waals surface area contributed by atoms with E-state index >= 15 is 0 Å². The van der Waals surface area contributed by atoms with Gasteiger partial charge in [-0.25, -0.2) is 4.98 Å². The summed E-state index contributed by atoms with van der Waals surface area (Å²) in [6, 6.07) is 5.15. The van der Waals surface area contributed by atoms with E-state index < -0.39 is 0 Å². The fourth-order valence-corrected chi connectivity index (χ4v) is 5.50. The van der Waals surface area contributed by atoms with Crippen LogP contribution in [-0.2, 0) is 4.74 Å². The predicted molar refractivity (Wildman–Crippen MR) is 137 cm³/mol. The van der Waals surface area contributed by atoms with Gasteiger partial charge >= 0.3 is 0 Å². The molecule has 2 aliphatic heterocycles. The number of morpholine rings is 1. The molecule has 0 spiro atoms. The molecule has 4 atom stereocenters. The molecule has 31 heavy (non-hydrogen) atoms. The van der Waals surface area contributed by atoms with Gasteiger partial charge in [0.05, 0.1) is 31.1 Å². The Morgan fingerprint density at radius 1 is 1.35 bits per heavy atom. The van der Waals surface area contributed by atoms with Crippen LogP contribution in [-0.4, -0.2) is 77.8 Å². The lowest BCUT2D eigenvalue weighted by Crippen LogP contribution is -2.51. The molecule has 0 amide bonds. The van der Waals surface area contributed by atoms with Gasteiger partial charge in [-0.05, 0) is 30.7 Å². The van der Waals surface area contributed by atoms with Crippen molar-refractivity contribution in [1.29, 1.82) is 0 Å². The number of likely N-dealkylation sites (tertiary alicyclic amines) is 1.